The van der Waals surface area contributed by atoms with E-state index in [2.05, 4.69) is 5.32 Å². The normalized spacial score (nSPS) is 11.4. The molecule has 0 bridgehead atoms. The zero-order valence-corrected chi connectivity index (χ0v) is 15.3. The summed E-state index contributed by atoms with van der Waals surface area (Å²) in [6.45, 7) is 2.37. The Labute approximate surface area is 158 Å². The van der Waals surface area contributed by atoms with Gasteiger partial charge < -0.3 is 15.3 Å². The highest BCUT2D eigenvalue weighted by molar-refractivity contribution is 5.94. The highest BCUT2D eigenvalue weighted by atomic mass is 16.4. The maximum atomic E-state index is 12.7. The second kappa shape index (κ2) is 10.1. The fourth-order valence-corrected chi connectivity index (χ4v) is 2.76. The molecular formula is C21H24N2O4. The number of amides is 2. The molecule has 2 rings (SSSR count). The molecule has 2 aromatic rings. The van der Waals surface area contributed by atoms with Crippen LogP contribution in [-0.2, 0) is 9.59 Å². The quantitative estimate of drug-likeness (QED) is 0.712. The first kappa shape index (κ1) is 20.2. The van der Waals surface area contributed by atoms with Crippen molar-refractivity contribution in [3.8, 4) is 0 Å². The van der Waals surface area contributed by atoms with Crippen molar-refractivity contribution in [1.29, 1.82) is 0 Å². The zero-order valence-electron chi connectivity index (χ0n) is 15.3. The summed E-state index contributed by atoms with van der Waals surface area (Å²) < 4.78 is 0. The van der Waals surface area contributed by atoms with Gasteiger partial charge in [-0.3, -0.25) is 14.4 Å². The summed E-state index contributed by atoms with van der Waals surface area (Å²) in [6.07, 6.45) is -0.0397. The van der Waals surface area contributed by atoms with Crippen molar-refractivity contribution in [3.05, 3.63) is 71.8 Å². The number of carboxylic acids is 1. The van der Waals surface area contributed by atoms with E-state index in [1.807, 2.05) is 36.4 Å². The van der Waals surface area contributed by atoms with Crippen molar-refractivity contribution < 1.29 is 19.5 Å². The minimum absolute atomic E-state index is 0.0655. The molecule has 0 aliphatic carbocycles. The summed E-state index contributed by atoms with van der Waals surface area (Å²) in [5.41, 5.74) is 1.34. The van der Waals surface area contributed by atoms with Crippen LogP contribution >= 0.6 is 0 Å². The molecule has 0 spiro atoms. The van der Waals surface area contributed by atoms with Gasteiger partial charge in [-0.15, -0.1) is 0 Å². The predicted molar refractivity (Wildman–Crippen MR) is 102 cm³/mol. The molecule has 1 unspecified atom stereocenters. The Morgan fingerprint density at radius 3 is 2.15 bits per heavy atom. The molecule has 1 atom stereocenters. The van der Waals surface area contributed by atoms with E-state index in [9.17, 15) is 14.4 Å². The lowest BCUT2D eigenvalue weighted by Crippen LogP contribution is -2.37. The topological polar surface area (TPSA) is 86.7 Å². The summed E-state index contributed by atoms with van der Waals surface area (Å²) in [5.74, 6) is -1.40. The average molecular weight is 368 g/mol. The van der Waals surface area contributed by atoms with E-state index in [1.54, 1.807) is 31.2 Å². The van der Waals surface area contributed by atoms with Gasteiger partial charge in [0, 0.05) is 18.7 Å². The fraction of sp³-hybridized carbons (Fsp3) is 0.286. The molecule has 2 amide bonds. The van der Waals surface area contributed by atoms with Gasteiger partial charge in [-0.05, 0) is 24.6 Å². The van der Waals surface area contributed by atoms with E-state index in [1.165, 1.54) is 4.90 Å². The molecule has 6 nitrogen and oxygen atoms in total. The summed E-state index contributed by atoms with van der Waals surface area (Å²) in [4.78, 5) is 37.5. The molecule has 2 aromatic carbocycles. The zero-order chi connectivity index (χ0) is 19.6. The van der Waals surface area contributed by atoms with Gasteiger partial charge in [-0.2, -0.15) is 0 Å². The number of nitrogens with one attached hydrogen (secondary N) is 1. The molecular weight excluding hydrogens is 344 g/mol. The van der Waals surface area contributed by atoms with Crippen molar-refractivity contribution in [1.82, 2.24) is 10.2 Å². The maximum Gasteiger partial charge on any atom is 0.305 e. The van der Waals surface area contributed by atoms with E-state index in [4.69, 9.17) is 5.11 Å². The van der Waals surface area contributed by atoms with E-state index in [0.29, 0.717) is 12.1 Å². The van der Waals surface area contributed by atoms with Crippen LogP contribution < -0.4 is 5.32 Å². The number of rotatable bonds is 9. The van der Waals surface area contributed by atoms with E-state index < -0.39 is 12.0 Å². The van der Waals surface area contributed by atoms with Crippen LogP contribution in [0, 0.1) is 0 Å². The van der Waals surface area contributed by atoms with Gasteiger partial charge in [0.25, 0.3) is 5.91 Å². The highest BCUT2D eigenvalue weighted by Gasteiger charge is 2.22. The molecule has 0 saturated heterocycles. The molecule has 0 aromatic heterocycles. The first-order chi connectivity index (χ1) is 13.0. The van der Waals surface area contributed by atoms with Gasteiger partial charge in [-0.25, -0.2) is 0 Å². The molecule has 6 heteroatoms. The minimum atomic E-state index is -0.946. The number of carboxylic acid groups (broad SMARTS) is 1. The number of benzene rings is 2. The van der Waals surface area contributed by atoms with Crippen LogP contribution in [0.1, 0.15) is 41.7 Å². The Morgan fingerprint density at radius 2 is 1.59 bits per heavy atom. The molecule has 0 heterocycles. The Kier molecular flexibility index (Phi) is 7.55. The standard InChI is InChI=1S/C21H24N2O4/c1-2-23(14-13-20(25)26)19(24)15-18(16-9-5-3-6-10-16)22-21(27)17-11-7-4-8-12-17/h3-12,18H,2,13-15H2,1H3,(H,22,27)(H,25,26). The number of carbonyl (C=O) groups is 3. The van der Waals surface area contributed by atoms with Crippen molar-refractivity contribution in [2.45, 2.75) is 25.8 Å². The molecule has 27 heavy (non-hydrogen) atoms. The molecule has 2 N–H and O–H groups in total. The average Bonchev–Trinajstić information content (AvgIpc) is 2.69. The largest absolute Gasteiger partial charge is 0.481 e. The molecule has 0 aliphatic heterocycles. The Morgan fingerprint density at radius 1 is 1.00 bits per heavy atom. The lowest BCUT2D eigenvalue weighted by molar-refractivity contribution is -0.138. The summed E-state index contributed by atoms with van der Waals surface area (Å²) in [7, 11) is 0. The van der Waals surface area contributed by atoms with E-state index in [-0.39, 0.29) is 31.2 Å². The Balaban J connectivity index is 2.14. The van der Waals surface area contributed by atoms with Crippen LogP contribution in [0.5, 0.6) is 0 Å². The molecule has 142 valence electrons. The van der Waals surface area contributed by atoms with Crippen LogP contribution in [0.3, 0.4) is 0 Å². The molecule has 0 aliphatic rings. The van der Waals surface area contributed by atoms with Gasteiger partial charge in [0.1, 0.15) is 0 Å². The summed E-state index contributed by atoms with van der Waals surface area (Å²) >= 11 is 0. The first-order valence-electron chi connectivity index (χ1n) is 8.91. The summed E-state index contributed by atoms with van der Waals surface area (Å²) in [6, 6.07) is 17.6. The van der Waals surface area contributed by atoms with E-state index >= 15 is 0 Å². The highest BCUT2D eigenvalue weighted by Crippen LogP contribution is 2.19. The van der Waals surface area contributed by atoms with Crippen LogP contribution in [0.2, 0.25) is 0 Å². The third-order valence-corrected chi connectivity index (χ3v) is 4.25. The van der Waals surface area contributed by atoms with Crippen molar-refractivity contribution >= 4 is 17.8 Å². The van der Waals surface area contributed by atoms with E-state index in [0.717, 1.165) is 5.56 Å². The van der Waals surface area contributed by atoms with Crippen molar-refractivity contribution in [2.24, 2.45) is 0 Å². The Bertz CT molecular complexity index is 762. The van der Waals surface area contributed by atoms with Crippen LogP contribution in [0.25, 0.3) is 0 Å². The second-order valence-corrected chi connectivity index (χ2v) is 6.12. The monoisotopic (exact) mass is 368 g/mol. The third-order valence-electron chi connectivity index (χ3n) is 4.25. The van der Waals surface area contributed by atoms with Gasteiger partial charge in [0.2, 0.25) is 5.91 Å². The van der Waals surface area contributed by atoms with Crippen LogP contribution in [0.15, 0.2) is 60.7 Å². The van der Waals surface area contributed by atoms with Gasteiger partial charge in [0.05, 0.1) is 18.9 Å². The van der Waals surface area contributed by atoms with Crippen LogP contribution in [0.4, 0.5) is 0 Å². The fourth-order valence-electron chi connectivity index (χ4n) is 2.76. The molecule has 0 fully saturated rings. The van der Waals surface area contributed by atoms with Crippen molar-refractivity contribution in [2.75, 3.05) is 13.1 Å². The van der Waals surface area contributed by atoms with Crippen LogP contribution in [-0.4, -0.2) is 40.9 Å². The number of carbonyl (C=O) groups excluding carboxylic acids is 2. The lowest BCUT2D eigenvalue weighted by Gasteiger charge is -2.24. The lowest BCUT2D eigenvalue weighted by atomic mass is 10.0. The smallest absolute Gasteiger partial charge is 0.305 e. The SMILES string of the molecule is CCN(CCC(=O)O)C(=O)CC(NC(=O)c1ccccc1)c1ccccc1. The number of hydrogen-bond acceptors (Lipinski definition) is 3. The predicted octanol–water partition coefficient (Wildman–Crippen LogP) is 2.87. The third kappa shape index (κ3) is 6.26. The summed E-state index contributed by atoms with van der Waals surface area (Å²) in [5, 5.41) is 11.8. The van der Waals surface area contributed by atoms with Gasteiger partial charge in [0.15, 0.2) is 0 Å². The number of aliphatic carboxylic acids is 1. The maximum absolute atomic E-state index is 12.7. The number of hydrogen-bond donors (Lipinski definition) is 2. The molecule has 0 radical (unpaired) electrons. The van der Waals surface area contributed by atoms with Gasteiger partial charge >= 0.3 is 5.97 Å². The molecule has 0 saturated carbocycles. The first-order valence-corrected chi connectivity index (χ1v) is 8.91. The van der Waals surface area contributed by atoms with Crippen molar-refractivity contribution in [3.63, 3.8) is 0 Å². The Hall–Kier alpha value is -3.15. The van der Waals surface area contributed by atoms with Gasteiger partial charge in [-0.1, -0.05) is 48.5 Å². The second-order valence-electron chi connectivity index (χ2n) is 6.12. The number of nitrogens with zero attached hydrogens (tertiary/aromatic N) is 1. The minimum Gasteiger partial charge on any atom is -0.481 e.